The van der Waals surface area contributed by atoms with Crippen molar-refractivity contribution >= 4 is 27.3 Å². The number of nitrogens with one attached hydrogen (secondary N) is 1. The molecule has 1 aromatic heterocycles. The summed E-state index contributed by atoms with van der Waals surface area (Å²) in [4.78, 5) is 0. The van der Waals surface area contributed by atoms with Gasteiger partial charge >= 0.3 is 0 Å². The molecule has 1 aliphatic carbocycles. The van der Waals surface area contributed by atoms with E-state index in [1.54, 1.807) is 12.1 Å². The molecule has 0 aliphatic heterocycles. The molecular formula is C12H11BrFN3OS. The molecule has 1 fully saturated rings. The van der Waals surface area contributed by atoms with Crippen molar-refractivity contribution in [3.05, 3.63) is 33.5 Å². The molecule has 0 atom stereocenters. The molecule has 4 nitrogen and oxygen atoms in total. The highest BCUT2D eigenvalue weighted by molar-refractivity contribution is 9.10. The van der Waals surface area contributed by atoms with Crippen molar-refractivity contribution in [1.29, 1.82) is 0 Å². The molecule has 0 bridgehead atoms. The fourth-order valence-electron chi connectivity index (χ4n) is 1.51. The Kier molecular flexibility index (Phi) is 3.76. The zero-order chi connectivity index (χ0) is 13.2. The van der Waals surface area contributed by atoms with E-state index >= 15 is 0 Å². The van der Waals surface area contributed by atoms with E-state index in [0.29, 0.717) is 21.5 Å². The van der Waals surface area contributed by atoms with Gasteiger partial charge in [-0.3, -0.25) is 0 Å². The lowest BCUT2D eigenvalue weighted by Crippen LogP contribution is -2.14. The molecule has 1 N–H and O–H groups in total. The topological polar surface area (TPSA) is 47.0 Å². The molecule has 0 unspecified atom stereocenters. The van der Waals surface area contributed by atoms with Gasteiger partial charge in [0.2, 0.25) is 0 Å². The standard InChI is InChI=1S/C12H11BrFN3OS/c13-9-5-8(3-4-10(9)14)18-12-17-16-11(19-12)6-15-7-1-2-7/h3-5,7,15H,1-2,6H2. The van der Waals surface area contributed by atoms with Gasteiger partial charge in [0.05, 0.1) is 11.0 Å². The number of hydrogen-bond acceptors (Lipinski definition) is 5. The first-order chi connectivity index (χ1) is 9.20. The average Bonchev–Trinajstić information content (AvgIpc) is 3.12. The second-order valence-corrected chi connectivity index (χ2v) is 6.17. The number of ether oxygens (including phenoxy) is 1. The molecule has 1 aliphatic rings. The van der Waals surface area contributed by atoms with E-state index in [0.717, 1.165) is 11.6 Å². The predicted molar refractivity (Wildman–Crippen MR) is 73.9 cm³/mol. The van der Waals surface area contributed by atoms with Crippen LogP contribution in [0.15, 0.2) is 22.7 Å². The predicted octanol–water partition coefficient (Wildman–Crippen LogP) is 3.48. The first kappa shape index (κ1) is 13.0. The van der Waals surface area contributed by atoms with Gasteiger partial charge in [0.15, 0.2) is 0 Å². The number of halogens is 2. The Balaban J connectivity index is 1.63. The molecule has 1 saturated carbocycles. The van der Waals surface area contributed by atoms with E-state index in [-0.39, 0.29) is 5.82 Å². The second kappa shape index (κ2) is 5.52. The number of aromatic nitrogens is 2. The van der Waals surface area contributed by atoms with Gasteiger partial charge < -0.3 is 10.1 Å². The van der Waals surface area contributed by atoms with Crippen LogP contribution in [0.1, 0.15) is 17.8 Å². The van der Waals surface area contributed by atoms with Crippen LogP contribution in [-0.4, -0.2) is 16.2 Å². The lowest BCUT2D eigenvalue weighted by Gasteiger charge is -2.01. The van der Waals surface area contributed by atoms with Crippen LogP contribution in [0.4, 0.5) is 4.39 Å². The summed E-state index contributed by atoms with van der Waals surface area (Å²) in [5.74, 6) is 0.213. The van der Waals surface area contributed by atoms with Gasteiger partial charge in [-0.25, -0.2) is 4.39 Å². The summed E-state index contributed by atoms with van der Waals surface area (Å²) >= 11 is 4.51. The van der Waals surface area contributed by atoms with Crippen molar-refractivity contribution < 1.29 is 9.13 Å². The molecule has 1 heterocycles. The highest BCUT2D eigenvalue weighted by atomic mass is 79.9. The van der Waals surface area contributed by atoms with Crippen molar-refractivity contribution in [2.45, 2.75) is 25.4 Å². The molecule has 3 rings (SSSR count). The number of hydrogen-bond donors (Lipinski definition) is 1. The van der Waals surface area contributed by atoms with Crippen molar-refractivity contribution in [1.82, 2.24) is 15.5 Å². The van der Waals surface area contributed by atoms with Crippen molar-refractivity contribution in [2.24, 2.45) is 0 Å². The van der Waals surface area contributed by atoms with Crippen molar-refractivity contribution in [3.63, 3.8) is 0 Å². The lowest BCUT2D eigenvalue weighted by atomic mass is 10.3. The Morgan fingerprint density at radius 3 is 3.00 bits per heavy atom. The second-order valence-electron chi connectivity index (χ2n) is 4.29. The first-order valence-electron chi connectivity index (χ1n) is 5.89. The van der Waals surface area contributed by atoms with Crippen LogP contribution in [0, 0.1) is 5.82 Å². The van der Waals surface area contributed by atoms with Gasteiger partial charge in [-0.2, -0.15) is 0 Å². The molecule has 0 amide bonds. The number of nitrogens with zero attached hydrogens (tertiary/aromatic N) is 2. The van der Waals surface area contributed by atoms with Crippen LogP contribution in [0.2, 0.25) is 0 Å². The molecule has 0 radical (unpaired) electrons. The summed E-state index contributed by atoms with van der Waals surface area (Å²) in [5.41, 5.74) is 0. The minimum Gasteiger partial charge on any atom is -0.430 e. The summed E-state index contributed by atoms with van der Waals surface area (Å²) in [7, 11) is 0. The third-order valence-corrected chi connectivity index (χ3v) is 4.07. The van der Waals surface area contributed by atoms with Crippen LogP contribution in [-0.2, 0) is 6.54 Å². The Bertz CT molecular complexity index is 588. The van der Waals surface area contributed by atoms with E-state index in [1.807, 2.05) is 0 Å². The fraction of sp³-hybridized carbons (Fsp3) is 0.333. The Hall–Kier alpha value is -1.05. The number of rotatable bonds is 5. The zero-order valence-corrected chi connectivity index (χ0v) is 12.3. The maximum Gasteiger partial charge on any atom is 0.299 e. The van der Waals surface area contributed by atoms with Gasteiger partial charge in [0, 0.05) is 6.04 Å². The maximum atomic E-state index is 13.1. The van der Waals surface area contributed by atoms with Crippen LogP contribution < -0.4 is 10.1 Å². The summed E-state index contributed by atoms with van der Waals surface area (Å²) in [6.07, 6.45) is 2.48. The van der Waals surface area contributed by atoms with E-state index in [9.17, 15) is 4.39 Å². The van der Waals surface area contributed by atoms with Gasteiger partial charge in [-0.05, 0) is 47.0 Å². The molecule has 1 aromatic carbocycles. The van der Waals surface area contributed by atoms with Crippen LogP contribution >= 0.6 is 27.3 Å². The van der Waals surface area contributed by atoms with E-state index in [2.05, 4.69) is 31.4 Å². The SMILES string of the molecule is Fc1ccc(Oc2nnc(CNC3CC3)s2)cc1Br. The minimum absolute atomic E-state index is 0.320. The largest absolute Gasteiger partial charge is 0.430 e. The summed E-state index contributed by atoms with van der Waals surface area (Å²) < 4.78 is 19.0. The van der Waals surface area contributed by atoms with Gasteiger partial charge in [0.25, 0.3) is 5.19 Å². The third-order valence-electron chi connectivity index (χ3n) is 2.66. The summed E-state index contributed by atoms with van der Waals surface area (Å²) in [5, 5.41) is 12.7. The summed E-state index contributed by atoms with van der Waals surface area (Å²) in [6, 6.07) is 5.11. The molecule has 19 heavy (non-hydrogen) atoms. The molecule has 0 saturated heterocycles. The van der Waals surface area contributed by atoms with Crippen LogP contribution in [0.3, 0.4) is 0 Å². The van der Waals surface area contributed by atoms with E-state index in [4.69, 9.17) is 4.74 Å². The highest BCUT2D eigenvalue weighted by Gasteiger charge is 2.20. The van der Waals surface area contributed by atoms with Crippen LogP contribution in [0.5, 0.6) is 10.9 Å². The smallest absolute Gasteiger partial charge is 0.299 e. The monoisotopic (exact) mass is 343 g/mol. The molecule has 2 aromatic rings. The Labute approximate surface area is 122 Å². The van der Waals surface area contributed by atoms with E-state index < -0.39 is 0 Å². The van der Waals surface area contributed by atoms with Gasteiger partial charge in [-0.15, -0.1) is 5.10 Å². The molecular weight excluding hydrogens is 333 g/mol. The molecule has 0 spiro atoms. The summed E-state index contributed by atoms with van der Waals surface area (Å²) in [6.45, 7) is 0.721. The van der Waals surface area contributed by atoms with Crippen molar-refractivity contribution in [3.8, 4) is 10.9 Å². The Morgan fingerprint density at radius 2 is 2.26 bits per heavy atom. The molecule has 100 valence electrons. The van der Waals surface area contributed by atoms with Gasteiger partial charge in [0.1, 0.15) is 16.6 Å². The van der Waals surface area contributed by atoms with Crippen molar-refractivity contribution in [2.75, 3.05) is 0 Å². The third kappa shape index (κ3) is 3.49. The zero-order valence-electron chi connectivity index (χ0n) is 9.90. The minimum atomic E-state index is -0.320. The quantitative estimate of drug-likeness (QED) is 0.902. The van der Waals surface area contributed by atoms with E-state index in [1.165, 1.54) is 30.2 Å². The Morgan fingerprint density at radius 1 is 1.42 bits per heavy atom. The number of benzene rings is 1. The fourth-order valence-corrected chi connectivity index (χ4v) is 2.53. The normalized spacial score (nSPS) is 14.6. The first-order valence-corrected chi connectivity index (χ1v) is 7.50. The maximum absolute atomic E-state index is 13.1. The highest BCUT2D eigenvalue weighted by Crippen LogP contribution is 2.28. The lowest BCUT2D eigenvalue weighted by molar-refractivity contribution is 0.470. The van der Waals surface area contributed by atoms with Gasteiger partial charge in [-0.1, -0.05) is 16.4 Å². The van der Waals surface area contributed by atoms with Crippen LogP contribution in [0.25, 0.3) is 0 Å². The molecule has 7 heteroatoms. The average molecular weight is 344 g/mol.